The number of hydrogen-bond acceptors (Lipinski definition) is 3. The van der Waals surface area contributed by atoms with Crippen molar-refractivity contribution in [3.8, 4) is 0 Å². The number of rotatable bonds is 5. The summed E-state index contributed by atoms with van der Waals surface area (Å²) in [5.41, 5.74) is 0.781. The zero-order chi connectivity index (χ0) is 20.9. The van der Waals surface area contributed by atoms with Crippen molar-refractivity contribution in [2.24, 2.45) is 5.92 Å². The van der Waals surface area contributed by atoms with Gasteiger partial charge in [-0.2, -0.15) is 13.2 Å². The molecule has 5 nitrogen and oxygen atoms in total. The van der Waals surface area contributed by atoms with Gasteiger partial charge in [-0.15, -0.1) is 0 Å². The Kier molecular flexibility index (Phi) is 7.14. The number of benzene rings is 1. The molecule has 156 valence electrons. The summed E-state index contributed by atoms with van der Waals surface area (Å²) >= 11 is 0. The lowest BCUT2D eigenvalue weighted by Crippen LogP contribution is -2.48. The van der Waals surface area contributed by atoms with Crippen molar-refractivity contribution in [2.75, 3.05) is 12.8 Å². The molecule has 0 aliphatic carbocycles. The number of urea groups is 1. The zero-order valence-corrected chi connectivity index (χ0v) is 16.6. The Morgan fingerprint density at radius 3 is 2.54 bits per heavy atom. The fourth-order valence-corrected chi connectivity index (χ4v) is 3.89. The van der Waals surface area contributed by atoms with E-state index in [1.54, 1.807) is 31.2 Å². The highest BCUT2D eigenvalue weighted by Gasteiger charge is 2.38. The Bertz CT molecular complexity index is 794. The van der Waals surface area contributed by atoms with Gasteiger partial charge >= 0.3 is 12.2 Å². The molecule has 9 heteroatoms. The molecule has 1 aliphatic rings. The van der Waals surface area contributed by atoms with Crippen molar-refractivity contribution in [1.29, 1.82) is 0 Å². The molecule has 1 saturated heterocycles. The molecule has 1 heterocycles. The minimum absolute atomic E-state index is 0.203. The van der Waals surface area contributed by atoms with Crippen LogP contribution < -0.4 is 5.32 Å². The van der Waals surface area contributed by atoms with Crippen LogP contribution in [0, 0.1) is 5.92 Å². The lowest BCUT2D eigenvalue weighted by molar-refractivity contribution is -0.148. The zero-order valence-electron chi connectivity index (χ0n) is 15.8. The van der Waals surface area contributed by atoms with Crippen LogP contribution in [0.5, 0.6) is 0 Å². The summed E-state index contributed by atoms with van der Waals surface area (Å²) in [6.45, 7) is 1.84. The normalized spacial score (nSPS) is 22.2. The highest BCUT2D eigenvalue weighted by molar-refractivity contribution is 7.93. The highest BCUT2D eigenvalue weighted by atomic mass is 32.2. The lowest BCUT2D eigenvalue weighted by atomic mass is 9.85. The molecule has 1 aliphatic heterocycles. The van der Waals surface area contributed by atoms with Crippen LogP contribution >= 0.6 is 0 Å². The fourth-order valence-electron chi connectivity index (χ4n) is 3.37. The molecule has 1 fully saturated rings. The van der Waals surface area contributed by atoms with Crippen LogP contribution in [0.1, 0.15) is 37.8 Å². The Labute approximate surface area is 163 Å². The minimum Gasteiger partial charge on any atom is -0.332 e. The first-order chi connectivity index (χ1) is 12.9. The van der Waals surface area contributed by atoms with Gasteiger partial charge in [-0.05, 0) is 31.2 Å². The number of amides is 2. The topological polar surface area (TPSA) is 66.5 Å². The molecule has 0 spiro atoms. The SMILES string of the molecule is CC(/C=C/S(C)(=O)=O)NC(=O)N1CC[C@@H](CC(F)(F)F)C[C@H]1c1ccccc1. The van der Waals surface area contributed by atoms with Crippen LogP contribution in [0.2, 0.25) is 0 Å². The van der Waals surface area contributed by atoms with E-state index in [9.17, 15) is 26.4 Å². The van der Waals surface area contributed by atoms with Gasteiger partial charge in [-0.1, -0.05) is 36.4 Å². The molecular weight excluding hydrogens is 393 g/mol. The number of nitrogens with one attached hydrogen (secondary N) is 1. The predicted molar refractivity (Wildman–Crippen MR) is 101 cm³/mol. The smallest absolute Gasteiger partial charge is 0.332 e. The van der Waals surface area contributed by atoms with E-state index in [0.717, 1.165) is 17.2 Å². The van der Waals surface area contributed by atoms with Crippen LogP contribution in [0.25, 0.3) is 0 Å². The van der Waals surface area contributed by atoms with Gasteiger partial charge in [0.1, 0.15) is 0 Å². The third-order valence-electron chi connectivity index (χ3n) is 4.64. The van der Waals surface area contributed by atoms with Crippen LogP contribution in [-0.4, -0.2) is 44.4 Å². The number of carbonyl (C=O) groups is 1. The Balaban J connectivity index is 2.14. The summed E-state index contributed by atoms with van der Waals surface area (Å²) in [5, 5.41) is 3.71. The van der Waals surface area contributed by atoms with Gasteiger partial charge in [-0.3, -0.25) is 0 Å². The van der Waals surface area contributed by atoms with Crippen molar-refractivity contribution in [3.05, 3.63) is 47.4 Å². The van der Waals surface area contributed by atoms with E-state index < -0.39 is 46.5 Å². The van der Waals surface area contributed by atoms with Gasteiger partial charge < -0.3 is 10.2 Å². The minimum atomic E-state index is -4.23. The first-order valence-corrected chi connectivity index (χ1v) is 11.0. The number of carbonyl (C=O) groups excluding carboxylic acids is 1. The largest absolute Gasteiger partial charge is 0.389 e. The number of alkyl halides is 3. The van der Waals surface area contributed by atoms with Crippen LogP contribution in [-0.2, 0) is 9.84 Å². The van der Waals surface area contributed by atoms with Crippen molar-refractivity contribution in [1.82, 2.24) is 10.2 Å². The van der Waals surface area contributed by atoms with Gasteiger partial charge in [0, 0.05) is 30.7 Å². The summed E-state index contributed by atoms with van der Waals surface area (Å²) in [5.74, 6) is -0.545. The van der Waals surface area contributed by atoms with E-state index in [1.807, 2.05) is 6.07 Å². The number of likely N-dealkylation sites (tertiary alicyclic amines) is 1. The molecule has 0 bridgehead atoms. The second-order valence-electron chi connectivity index (χ2n) is 7.23. The van der Waals surface area contributed by atoms with Crippen LogP contribution in [0.3, 0.4) is 0 Å². The number of nitrogens with zero attached hydrogens (tertiary/aromatic N) is 1. The van der Waals surface area contributed by atoms with Crippen molar-refractivity contribution >= 4 is 15.9 Å². The Hall–Kier alpha value is -2.03. The van der Waals surface area contributed by atoms with E-state index >= 15 is 0 Å². The van der Waals surface area contributed by atoms with E-state index in [2.05, 4.69) is 5.32 Å². The molecule has 1 N–H and O–H groups in total. The van der Waals surface area contributed by atoms with Gasteiger partial charge in [0.15, 0.2) is 9.84 Å². The molecule has 0 saturated carbocycles. The third kappa shape index (κ3) is 7.18. The highest BCUT2D eigenvalue weighted by Crippen LogP contribution is 2.39. The lowest BCUT2D eigenvalue weighted by Gasteiger charge is -2.40. The summed E-state index contributed by atoms with van der Waals surface area (Å²) in [4.78, 5) is 14.3. The molecule has 1 aromatic carbocycles. The fraction of sp³-hybridized carbons (Fsp3) is 0.526. The number of hydrogen-bond donors (Lipinski definition) is 1. The van der Waals surface area contributed by atoms with Gasteiger partial charge in [-0.25, -0.2) is 13.2 Å². The number of piperidine rings is 1. The van der Waals surface area contributed by atoms with Crippen LogP contribution in [0.15, 0.2) is 41.8 Å². The standard InChI is InChI=1S/C19H25F3N2O3S/c1-14(9-11-28(2,26)27)23-18(25)24-10-8-15(13-19(20,21)22)12-17(24)16-6-4-3-5-7-16/h3-7,9,11,14-15,17H,8,10,12-13H2,1-2H3,(H,23,25)/b11-9+/t14?,15-,17+/m1/s1. The maximum Gasteiger partial charge on any atom is 0.389 e. The van der Waals surface area contributed by atoms with E-state index in [0.29, 0.717) is 0 Å². The molecule has 28 heavy (non-hydrogen) atoms. The third-order valence-corrected chi connectivity index (χ3v) is 5.29. The van der Waals surface area contributed by atoms with Gasteiger partial charge in [0.2, 0.25) is 0 Å². The second kappa shape index (κ2) is 8.98. The molecule has 1 unspecified atom stereocenters. The van der Waals surface area contributed by atoms with Crippen LogP contribution in [0.4, 0.5) is 18.0 Å². The van der Waals surface area contributed by atoms with Crippen molar-refractivity contribution in [2.45, 2.75) is 44.4 Å². The summed E-state index contributed by atoms with van der Waals surface area (Å²) in [7, 11) is -3.31. The molecular formula is C19H25F3N2O3S. The molecule has 0 radical (unpaired) electrons. The number of sulfone groups is 1. The summed E-state index contributed by atoms with van der Waals surface area (Å²) in [6.07, 6.45) is -2.19. The average molecular weight is 418 g/mol. The second-order valence-corrected chi connectivity index (χ2v) is 9.16. The van der Waals surface area contributed by atoms with Crippen molar-refractivity contribution < 1.29 is 26.4 Å². The van der Waals surface area contributed by atoms with Gasteiger partial charge in [0.25, 0.3) is 0 Å². The molecule has 1 aromatic rings. The molecule has 2 rings (SSSR count). The summed E-state index contributed by atoms with van der Waals surface area (Å²) < 4.78 is 60.9. The van der Waals surface area contributed by atoms with E-state index in [-0.39, 0.29) is 19.4 Å². The quantitative estimate of drug-likeness (QED) is 0.785. The Morgan fingerprint density at radius 1 is 1.32 bits per heavy atom. The maximum atomic E-state index is 12.8. The molecule has 0 aromatic heterocycles. The van der Waals surface area contributed by atoms with Crippen molar-refractivity contribution in [3.63, 3.8) is 0 Å². The maximum absolute atomic E-state index is 12.8. The average Bonchev–Trinajstić information content (AvgIpc) is 2.58. The Morgan fingerprint density at radius 2 is 1.96 bits per heavy atom. The molecule has 3 atom stereocenters. The molecule has 2 amide bonds. The van der Waals surface area contributed by atoms with E-state index in [4.69, 9.17) is 0 Å². The first kappa shape index (κ1) is 22.3. The summed E-state index contributed by atoms with van der Waals surface area (Å²) in [6, 6.07) is 7.56. The monoisotopic (exact) mass is 418 g/mol. The number of halogens is 3. The van der Waals surface area contributed by atoms with Gasteiger partial charge in [0.05, 0.1) is 6.04 Å². The first-order valence-electron chi connectivity index (χ1n) is 9.01. The van der Waals surface area contributed by atoms with E-state index in [1.165, 1.54) is 11.0 Å². The predicted octanol–water partition coefficient (Wildman–Crippen LogP) is 4.05.